The van der Waals surface area contributed by atoms with E-state index >= 15 is 0 Å². The van der Waals surface area contributed by atoms with E-state index < -0.39 is 0 Å². The zero-order chi connectivity index (χ0) is 14.5. The molecular formula is C15H17NO3S. The lowest BCUT2D eigenvalue weighted by molar-refractivity contribution is 0.0531. The molecule has 0 aliphatic heterocycles. The van der Waals surface area contributed by atoms with E-state index in [2.05, 4.69) is 4.98 Å². The van der Waals surface area contributed by atoms with Crippen molar-refractivity contribution in [1.82, 2.24) is 4.98 Å². The lowest BCUT2D eigenvalue weighted by Gasteiger charge is -2.03. The molecule has 0 saturated carbocycles. The van der Waals surface area contributed by atoms with Gasteiger partial charge in [-0.2, -0.15) is 0 Å². The van der Waals surface area contributed by atoms with E-state index in [1.165, 1.54) is 16.9 Å². The number of hydrogen-bond donors (Lipinski definition) is 0. The van der Waals surface area contributed by atoms with Gasteiger partial charge in [0, 0.05) is 0 Å². The summed E-state index contributed by atoms with van der Waals surface area (Å²) in [6.07, 6.45) is 0. The van der Waals surface area contributed by atoms with Gasteiger partial charge in [-0.25, -0.2) is 9.78 Å². The Kier molecular flexibility index (Phi) is 4.74. The first-order chi connectivity index (χ1) is 9.60. The minimum atomic E-state index is -0.316. The Hall–Kier alpha value is -1.88. The zero-order valence-corrected chi connectivity index (χ0v) is 12.6. The summed E-state index contributed by atoms with van der Waals surface area (Å²) < 4.78 is 10.6. The van der Waals surface area contributed by atoms with E-state index in [1.807, 2.05) is 31.2 Å². The molecule has 4 nitrogen and oxygen atoms in total. The molecule has 1 aromatic heterocycles. The highest BCUT2D eigenvalue weighted by molar-refractivity contribution is 7.13. The molecule has 0 bridgehead atoms. The standard InChI is InChI=1S/C15H17NO3S/c1-4-18-15(17)14-11(3)16-13(20-14)9-19-12-7-5-10(2)6-8-12/h5-8H,4,9H2,1-3H3. The van der Waals surface area contributed by atoms with Crippen LogP contribution in [0.1, 0.15) is 32.9 Å². The van der Waals surface area contributed by atoms with Gasteiger partial charge < -0.3 is 9.47 Å². The Bertz CT molecular complexity index is 590. The van der Waals surface area contributed by atoms with Crippen LogP contribution in [0.15, 0.2) is 24.3 Å². The molecule has 5 heteroatoms. The number of thiazole rings is 1. The van der Waals surface area contributed by atoms with Gasteiger partial charge in [-0.1, -0.05) is 17.7 Å². The molecule has 0 aliphatic carbocycles. The first-order valence-electron chi connectivity index (χ1n) is 6.43. The van der Waals surface area contributed by atoms with E-state index in [0.29, 0.717) is 23.8 Å². The van der Waals surface area contributed by atoms with Crippen molar-refractivity contribution >= 4 is 17.3 Å². The highest BCUT2D eigenvalue weighted by Gasteiger charge is 2.16. The smallest absolute Gasteiger partial charge is 0.350 e. The summed E-state index contributed by atoms with van der Waals surface area (Å²) in [4.78, 5) is 16.6. The van der Waals surface area contributed by atoms with Gasteiger partial charge in [0.15, 0.2) is 0 Å². The summed E-state index contributed by atoms with van der Waals surface area (Å²) in [6, 6.07) is 7.82. The molecule has 106 valence electrons. The molecule has 1 heterocycles. The zero-order valence-electron chi connectivity index (χ0n) is 11.8. The fraction of sp³-hybridized carbons (Fsp3) is 0.333. The average molecular weight is 291 g/mol. The van der Waals surface area contributed by atoms with E-state index in [4.69, 9.17) is 9.47 Å². The van der Waals surface area contributed by atoms with Gasteiger partial charge >= 0.3 is 5.97 Å². The van der Waals surface area contributed by atoms with Crippen molar-refractivity contribution < 1.29 is 14.3 Å². The number of esters is 1. The van der Waals surface area contributed by atoms with Crippen LogP contribution in [0.4, 0.5) is 0 Å². The third kappa shape index (κ3) is 3.57. The van der Waals surface area contributed by atoms with Crippen molar-refractivity contribution in [1.29, 1.82) is 0 Å². The molecular weight excluding hydrogens is 274 g/mol. The monoisotopic (exact) mass is 291 g/mol. The van der Waals surface area contributed by atoms with Crippen molar-refractivity contribution in [2.24, 2.45) is 0 Å². The number of rotatable bonds is 5. The summed E-state index contributed by atoms with van der Waals surface area (Å²) in [5.41, 5.74) is 1.88. The Morgan fingerprint density at radius 2 is 1.95 bits per heavy atom. The van der Waals surface area contributed by atoms with Gasteiger partial charge in [-0.05, 0) is 32.9 Å². The fourth-order valence-electron chi connectivity index (χ4n) is 1.68. The summed E-state index contributed by atoms with van der Waals surface area (Å²) in [5, 5.41) is 0.770. The first-order valence-corrected chi connectivity index (χ1v) is 7.24. The summed E-state index contributed by atoms with van der Waals surface area (Å²) >= 11 is 1.32. The van der Waals surface area contributed by atoms with E-state index in [1.54, 1.807) is 13.8 Å². The van der Waals surface area contributed by atoms with E-state index in [9.17, 15) is 4.79 Å². The molecule has 2 rings (SSSR count). The number of aromatic nitrogens is 1. The third-order valence-electron chi connectivity index (χ3n) is 2.69. The highest BCUT2D eigenvalue weighted by atomic mass is 32.1. The van der Waals surface area contributed by atoms with Crippen LogP contribution in [-0.4, -0.2) is 17.6 Å². The third-order valence-corrected chi connectivity index (χ3v) is 3.80. The molecule has 0 amide bonds. The summed E-state index contributed by atoms with van der Waals surface area (Å²) in [6.45, 7) is 6.34. The lowest BCUT2D eigenvalue weighted by atomic mass is 10.2. The minimum Gasteiger partial charge on any atom is -0.486 e. The molecule has 20 heavy (non-hydrogen) atoms. The largest absolute Gasteiger partial charge is 0.486 e. The summed E-state index contributed by atoms with van der Waals surface area (Å²) in [5.74, 6) is 0.477. The van der Waals surface area contributed by atoms with Crippen molar-refractivity contribution in [2.45, 2.75) is 27.4 Å². The number of nitrogens with zero attached hydrogens (tertiary/aromatic N) is 1. The van der Waals surface area contributed by atoms with Gasteiger partial charge in [-0.15, -0.1) is 11.3 Å². The van der Waals surface area contributed by atoms with Crippen LogP contribution in [0.5, 0.6) is 5.75 Å². The van der Waals surface area contributed by atoms with E-state index in [-0.39, 0.29) is 5.97 Å². The van der Waals surface area contributed by atoms with Crippen LogP contribution >= 0.6 is 11.3 Å². The van der Waals surface area contributed by atoms with Crippen LogP contribution in [0, 0.1) is 13.8 Å². The number of hydrogen-bond acceptors (Lipinski definition) is 5. The molecule has 0 spiro atoms. The van der Waals surface area contributed by atoms with Crippen molar-refractivity contribution in [2.75, 3.05) is 6.61 Å². The number of aryl methyl sites for hydroxylation is 2. The van der Waals surface area contributed by atoms with Crippen LogP contribution in [0.25, 0.3) is 0 Å². The second-order valence-electron chi connectivity index (χ2n) is 4.34. The van der Waals surface area contributed by atoms with Crippen molar-refractivity contribution in [3.05, 3.63) is 45.4 Å². The van der Waals surface area contributed by atoms with E-state index in [0.717, 1.165) is 10.8 Å². The first kappa shape index (κ1) is 14.5. The Labute approximate surface area is 122 Å². The average Bonchev–Trinajstić information content (AvgIpc) is 2.80. The number of ether oxygens (including phenoxy) is 2. The topological polar surface area (TPSA) is 48.4 Å². The Balaban J connectivity index is 2.01. The quantitative estimate of drug-likeness (QED) is 0.791. The highest BCUT2D eigenvalue weighted by Crippen LogP contribution is 2.21. The molecule has 0 aliphatic rings. The molecule has 0 fully saturated rings. The Morgan fingerprint density at radius 1 is 1.25 bits per heavy atom. The van der Waals surface area contributed by atoms with Crippen LogP contribution in [0.2, 0.25) is 0 Å². The maximum Gasteiger partial charge on any atom is 0.350 e. The predicted octanol–water partition coefficient (Wildman–Crippen LogP) is 3.52. The van der Waals surface area contributed by atoms with Gasteiger partial charge in [0.1, 0.15) is 22.2 Å². The maximum atomic E-state index is 11.7. The van der Waals surface area contributed by atoms with Crippen LogP contribution < -0.4 is 4.74 Å². The number of carbonyl (C=O) groups is 1. The van der Waals surface area contributed by atoms with Crippen LogP contribution in [-0.2, 0) is 11.3 Å². The van der Waals surface area contributed by atoms with Gasteiger partial charge in [0.25, 0.3) is 0 Å². The van der Waals surface area contributed by atoms with Crippen molar-refractivity contribution in [3.8, 4) is 5.75 Å². The van der Waals surface area contributed by atoms with Gasteiger partial charge in [0.05, 0.1) is 12.3 Å². The maximum absolute atomic E-state index is 11.7. The number of benzene rings is 1. The normalized spacial score (nSPS) is 10.3. The predicted molar refractivity (Wildman–Crippen MR) is 78.3 cm³/mol. The molecule has 0 unspecified atom stereocenters. The second-order valence-corrected chi connectivity index (χ2v) is 5.43. The summed E-state index contributed by atoms with van der Waals surface area (Å²) in [7, 11) is 0. The van der Waals surface area contributed by atoms with Gasteiger partial charge in [-0.3, -0.25) is 0 Å². The Morgan fingerprint density at radius 3 is 2.60 bits per heavy atom. The molecule has 1 aromatic carbocycles. The minimum absolute atomic E-state index is 0.316. The van der Waals surface area contributed by atoms with Crippen molar-refractivity contribution in [3.63, 3.8) is 0 Å². The van der Waals surface area contributed by atoms with Crippen LogP contribution in [0.3, 0.4) is 0 Å². The molecule has 0 radical (unpaired) electrons. The van der Waals surface area contributed by atoms with Gasteiger partial charge in [0.2, 0.25) is 0 Å². The number of carbonyl (C=O) groups excluding carboxylic acids is 1. The molecule has 2 aromatic rings. The molecule has 0 N–H and O–H groups in total. The lowest BCUT2D eigenvalue weighted by Crippen LogP contribution is -2.03. The second kappa shape index (κ2) is 6.52. The fourth-order valence-corrected chi connectivity index (χ4v) is 2.55. The molecule has 0 saturated heterocycles. The SMILES string of the molecule is CCOC(=O)c1sc(COc2ccc(C)cc2)nc1C. The molecule has 0 atom stereocenters.